The third kappa shape index (κ3) is 6.85. The van der Waals surface area contributed by atoms with Gasteiger partial charge in [-0.2, -0.15) is 0 Å². The molecule has 4 nitrogen and oxygen atoms in total. The van der Waals surface area contributed by atoms with Crippen molar-refractivity contribution in [3.8, 4) is 0 Å². The van der Waals surface area contributed by atoms with Crippen LogP contribution in [-0.2, 0) is 16.1 Å². The van der Waals surface area contributed by atoms with Gasteiger partial charge in [0.05, 0.1) is 36.2 Å². The number of methoxy groups -OCH3 is 2. The van der Waals surface area contributed by atoms with Crippen LogP contribution >= 0.6 is 11.3 Å². The Morgan fingerprint density at radius 1 is 1.30 bits per heavy atom. The highest BCUT2D eigenvalue weighted by atomic mass is 32.1. The lowest BCUT2D eigenvalue weighted by Gasteiger charge is -2.18. The summed E-state index contributed by atoms with van der Waals surface area (Å²) < 4.78 is 10.7. The zero-order chi connectivity index (χ0) is 17.8. The molecule has 1 N–H and O–H groups in total. The summed E-state index contributed by atoms with van der Waals surface area (Å²) in [6, 6.07) is 0. The Morgan fingerprint density at radius 3 is 2.35 bits per heavy atom. The van der Waals surface area contributed by atoms with Crippen LogP contribution in [0.2, 0.25) is 0 Å². The second-order valence-electron chi connectivity index (χ2n) is 4.81. The molecular formula is C18H31NO3S. The van der Waals surface area contributed by atoms with Crippen LogP contribution in [0.15, 0.2) is 17.9 Å². The maximum Gasteiger partial charge on any atom is 0.123 e. The van der Waals surface area contributed by atoms with Crippen LogP contribution in [0.5, 0.6) is 0 Å². The summed E-state index contributed by atoms with van der Waals surface area (Å²) in [7, 11) is 3.34. The van der Waals surface area contributed by atoms with Crippen LogP contribution in [0.1, 0.15) is 56.1 Å². The van der Waals surface area contributed by atoms with Gasteiger partial charge in [0, 0.05) is 19.1 Å². The summed E-state index contributed by atoms with van der Waals surface area (Å²) in [4.78, 5) is 5.38. The molecule has 0 spiro atoms. The van der Waals surface area contributed by atoms with Crippen molar-refractivity contribution >= 4 is 16.9 Å². The molecule has 0 saturated carbocycles. The number of aromatic nitrogens is 1. The predicted molar refractivity (Wildman–Crippen MR) is 98.6 cm³/mol. The smallest absolute Gasteiger partial charge is 0.123 e. The van der Waals surface area contributed by atoms with Gasteiger partial charge in [-0.15, -0.1) is 11.3 Å². The van der Waals surface area contributed by atoms with Crippen molar-refractivity contribution < 1.29 is 14.6 Å². The van der Waals surface area contributed by atoms with Gasteiger partial charge in [0.2, 0.25) is 0 Å². The molecule has 0 aliphatic heterocycles. The van der Waals surface area contributed by atoms with E-state index in [4.69, 9.17) is 9.47 Å². The Balaban J connectivity index is 0.000000868. The lowest BCUT2D eigenvalue weighted by atomic mass is 10.0. The lowest BCUT2D eigenvalue weighted by Crippen LogP contribution is -2.13. The molecule has 0 fully saturated rings. The van der Waals surface area contributed by atoms with Crippen molar-refractivity contribution in [1.29, 1.82) is 0 Å². The van der Waals surface area contributed by atoms with Gasteiger partial charge in [-0.1, -0.05) is 34.1 Å². The van der Waals surface area contributed by atoms with Gasteiger partial charge < -0.3 is 14.6 Å². The third-order valence-corrected chi connectivity index (χ3v) is 4.12. The van der Waals surface area contributed by atoms with E-state index in [0.717, 1.165) is 33.3 Å². The molecule has 1 unspecified atom stereocenters. The molecule has 132 valence electrons. The first-order chi connectivity index (χ1) is 11.1. The van der Waals surface area contributed by atoms with Crippen LogP contribution in [0, 0.1) is 6.92 Å². The average Bonchev–Trinajstić information content (AvgIpc) is 2.98. The molecule has 1 aliphatic rings. The van der Waals surface area contributed by atoms with E-state index in [1.54, 1.807) is 14.2 Å². The number of allylic oxidation sites excluding steroid dienone is 2. The summed E-state index contributed by atoms with van der Waals surface area (Å²) in [6.07, 6.45) is 6.03. The fourth-order valence-corrected chi connectivity index (χ4v) is 2.78. The van der Waals surface area contributed by atoms with Gasteiger partial charge >= 0.3 is 0 Å². The minimum absolute atomic E-state index is 0.0155. The zero-order valence-corrected chi connectivity index (χ0v) is 16.3. The van der Waals surface area contributed by atoms with Gasteiger partial charge in [0.25, 0.3) is 0 Å². The first-order valence-corrected chi connectivity index (χ1v) is 8.97. The predicted octanol–water partition coefficient (Wildman–Crippen LogP) is 4.72. The fraction of sp³-hybridized carbons (Fsp3) is 0.611. The number of nitrogens with zero attached hydrogens (tertiary/aromatic N) is 1. The molecule has 2 rings (SSSR count). The van der Waals surface area contributed by atoms with E-state index in [1.807, 2.05) is 32.9 Å². The molecule has 1 aliphatic carbocycles. The SMILES string of the molecule is CC.CCC.COC1=CC(c2nc(C)c(CO)s2)=CC(OC)C1. The van der Waals surface area contributed by atoms with Crippen molar-refractivity contribution in [1.82, 2.24) is 4.98 Å². The molecule has 1 aromatic rings. The highest BCUT2D eigenvalue weighted by Crippen LogP contribution is 2.31. The fourth-order valence-electron chi connectivity index (χ4n) is 1.86. The van der Waals surface area contributed by atoms with E-state index < -0.39 is 0 Å². The molecular weight excluding hydrogens is 310 g/mol. The number of thiazole rings is 1. The number of aryl methyl sites for hydroxylation is 1. The van der Waals surface area contributed by atoms with Gasteiger partial charge in [-0.25, -0.2) is 4.98 Å². The third-order valence-electron chi connectivity index (χ3n) is 2.93. The molecule has 5 heteroatoms. The van der Waals surface area contributed by atoms with Crippen molar-refractivity contribution in [3.05, 3.63) is 33.5 Å². The number of hydrogen-bond donors (Lipinski definition) is 1. The van der Waals surface area contributed by atoms with Crippen molar-refractivity contribution in [3.63, 3.8) is 0 Å². The van der Waals surface area contributed by atoms with E-state index in [2.05, 4.69) is 18.8 Å². The Hall–Kier alpha value is -1.17. The summed E-state index contributed by atoms with van der Waals surface area (Å²) in [6.45, 7) is 10.2. The van der Waals surface area contributed by atoms with E-state index in [0.29, 0.717) is 0 Å². The van der Waals surface area contributed by atoms with Crippen LogP contribution < -0.4 is 0 Å². The Bertz CT molecular complexity index is 506. The molecule has 0 bridgehead atoms. The van der Waals surface area contributed by atoms with E-state index >= 15 is 0 Å². The van der Waals surface area contributed by atoms with Crippen LogP contribution in [0.4, 0.5) is 0 Å². The molecule has 1 atom stereocenters. The summed E-state index contributed by atoms with van der Waals surface area (Å²) in [5.74, 6) is 0.887. The number of ether oxygens (including phenoxy) is 2. The molecule has 1 heterocycles. The maximum atomic E-state index is 9.21. The monoisotopic (exact) mass is 341 g/mol. The summed E-state index contributed by atoms with van der Waals surface area (Å²) in [5.41, 5.74) is 1.88. The molecule has 23 heavy (non-hydrogen) atoms. The molecule has 0 radical (unpaired) electrons. The quantitative estimate of drug-likeness (QED) is 0.861. The van der Waals surface area contributed by atoms with Crippen molar-refractivity contribution in [2.24, 2.45) is 0 Å². The van der Waals surface area contributed by atoms with Crippen LogP contribution in [0.3, 0.4) is 0 Å². The standard InChI is InChI=1S/C13H17NO3S.C3H8.C2H6/c1-8-12(7-15)18-13(14-8)9-4-10(16-2)6-11(5-9)17-3;1-3-2;1-2/h4-5,10,15H,6-7H2,1-3H3;3H2,1-2H3;1-2H3. The second kappa shape index (κ2) is 12.3. The Labute approximate surface area is 144 Å². The molecule has 0 amide bonds. The van der Waals surface area contributed by atoms with Crippen molar-refractivity contribution in [2.45, 2.75) is 60.2 Å². The highest BCUT2D eigenvalue weighted by molar-refractivity contribution is 7.12. The van der Waals surface area contributed by atoms with Crippen LogP contribution in [-0.4, -0.2) is 30.4 Å². The largest absolute Gasteiger partial charge is 0.501 e. The Kier molecular flexibility index (Phi) is 11.7. The van der Waals surface area contributed by atoms with Gasteiger partial charge in [-0.3, -0.25) is 0 Å². The van der Waals surface area contributed by atoms with E-state index in [-0.39, 0.29) is 12.7 Å². The number of rotatable bonds is 4. The zero-order valence-electron chi connectivity index (χ0n) is 15.5. The molecule has 0 aromatic carbocycles. The van der Waals surface area contributed by atoms with E-state index in [9.17, 15) is 5.11 Å². The first kappa shape index (κ1) is 21.8. The first-order valence-electron chi connectivity index (χ1n) is 8.16. The normalized spacial score (nSPS) is 16.3. The van der Waals surface area contributed by atoms with Gasteiger partial charge in [-0.05, 0) is 19.1 Å². The van der Waals surface area contributed by atoms with E-state index in [1.165, 1.54) is 17.8 Å². The minimum Gasteiger partial charge on any atom is -0.501 e. The van der Waals surface area contributed by atoms with Crippen LogP contribution in [0.25, 0.3) is 5.57 Å². The number of aliphatic hydroxyl groups excluding tert-OH is 1. The lowest BCUT2D eigenvalue weighted by molar-refractivity contribution is 0.122. The number of hydrogen-bond acceptors (Lipinski definition) is 5. The maximum absolute atomic E-state index is 9.21. The highest BCUT2D eigenvalue weighted by Gasteiger charge is 2.19. The minimum atomic E-state index is 0.0155. The molecule has 1 aromatic heterocycles. The second-order valence-corrected chi connectivity index (χ2v) is 5.89. The van der Waals surface area contributed by atoms with Gasteiger partial charge in [0.1, 0.15) is 5.01 Å². The summed E-state index contributed by atoms with van der Waals surface area (Å²) >= 11 is 1.51. The topological polar surface area (TPSA) is 51.6 Å². The Morgan fingerprint density at radius 2 is 1.91 bits per heavy atom. The van der Waals surface area contributed by atoms with Crippen molar-refractivity contribution in [2.75, 3.05) is 14.2 Å². The molecule has 0 saturated heterocycles. The number of aliphatic hydroxyl groups is 1. The average molecular weight is 342 g/mol. The summed E-state index contributed by atoms with van der Waals surface area (Å²) in [5, 5.41) is 10.1. The van der Waals surface area contributed by atoms with Gasteiger partial charge in [0.15, 0.2) is 0 Å².